The smallest absolute Gasteiger partial charge is 0.251 e. The summed E-state index contributed by atoms with van der Waals surface area (Å²) in [5.41, 5.74) is 6.32. The van der Waals surface area contributed by atoms with Gasteiger partial charge in [0.2, 0.25) is 0 Å². The molecule has 1 aromatic heterocycles. The highest BCUT2D eigenvalue weighted by Crippen LogP contribution is 2.19. The summed E-state index contributed by atoms with van der Waals surface area (Å²) in [4.78, 5) is 12.8. The van der Waals surface area contributed by atoms with Crippen molar-refractivity contribution in [2.75, 3.05) is 0 Å². The van der Waals surface area contributed by atoms with Crippen molar-refractivity contribution in [1.82, 2.24) is 15.1 Å². The van der Waals surface area contributed by atoms with Crippen LogP contribution in [0.25, 0.3) is 10.9 Å². The van der Waals surface area contributed by atoms with Crippen LogP contribution in [-0.2, 0) is 6.54 Å². The first-order valence-corrected chi connectivity index (χ1v) is 9.88. The number of amides is 1. The fourth-order valence-electron chi connectivity index (χ4n) is 3.42. The molecule has 1 N–H and O–H groups in total. The molecule has 1 atom stereocenters. The lowest BCUT2D eigenvalue weighted by molar-refractivity contribution is 0.0940. The predicted octanol–water partition coefficient (Wildman–Crippen LogP) is 5.19. The van der Waals surface area contributed by atoms with Gasteiger partial charge in [0.1, 0.15) is 0 Å². The second kappa shape index (κ2) is 7.92. The number of hydrogen-bond donors (Lipinski definition) is 1. The van der Waals surface area contributed by atoms with Gasteiger partial charge in [0.05, 0.1) is 24.3 Å². The van der Waals surface area contributed by atoms with Gasteiger partial charge in [-0.2, -0.15) is 5.10 Å². The minimum absolute atomic E-state index is 0.0590. The molecule has 4 heteroatoms. The summed E-state index contributed by atoms with van der Waals surface area (Å²) in [7, 11) is 0. The van der Waals surface area contributed by atoms with E-state index in [0.717, 1.165) is 16.5 Å². The predicted molar refractivity (Wildman–Crippen MR) is 117 cm³/mol. The van der Waals surface area contributed by atoms with E-state index in [1.165, 1.54) is 16.7 Å². The van der Waals surface area contributed by atoms with Gasteiger partial charge in [-0.1, -0.05) is 65.7 Å². The van der Waals surface area contributed by atoms with Gasteiger partial charge in [-0.15, -0.1) is 0 Å². The Bertz CT molecular complexity index is 1140. The molecule has 0 unspecified atom stereocenters. The van der Waals surface area contributed by atoms with Gasteiger partial charge in [-0.25, -0.2) is 0 Å². The van der Waals surface area contributed by atoms with Gasteiger partial charge < -0.3 is 5.32 Å². The fraction of sp³-hybridized carbons (Fsp3) is 0.200. The molecule has 0 saturated carbocycles. The maximum Gasteiger partial charge on any atom is 0.251 e. The number of nitrogens with zero attached hydrogens (tertiary/aromatic N) is 2. The van der Waals surface area contributed by atoms with Gasteiger partial charge in [0.25, 0.3) is 5.91 Å². The molecule has 0 fully saturated rings. The van der Waals surface area contributed by atoms with Crippen molar-refractivity contribution in [3.63, 3.8) is 0 Å². The quantitative estimate of drug-likeness (QED) is 0.515. The van der Waals surface area contributed by atoms with Crippen molar-refractivity contribution in [1.29, 1.82) is 0 Å². The Hall–Kier alpha value is -3.40. The third-order valence-electron chi connectivity index (χ3n) is 5.28. The highest BCUT2D eigenvalue weighted by Gasteiger charge is 2.13. The van der Waals surface area contributed by atoms with E-state index in [2.05, 4.69) is 72.8 Å². The van der Waals surface area contributed by atoms with Crippen molar-refractivity contribution in [3.8, 4) is 0 Å². The van der Waals surface area contributed by atoms with Crippen LogP contribution >= 0.6 is 0 Å². The highest BCUT2D eigenvalue weighted by molar-refractivity contribution is 5.98. The van der Waals surface area contributed by atoms with Crippen LogP contribution in [0.1, 0.15) is 45.6 Å². The van der Waals surface area contributed by atoms with Crippen LogP contribution in [0, 0.1) is 13.8 Å². The van der Waals surface area contributed by atoms with Crippen LogP contribution in [0.2, 0.25) is 0 Å². The molecule has 0 aliphatic rings. The maximum absolute atomic E-state index is 12.8. The Labute approximate surface area is 171 Å². The Kier molecular flexibility index (Phi) is 5.17. The molecule has 4 rings (SSSR count). The molecule has 0 saturated heterocycles. The zero-order chi connectivity index (χ0) is 20.4. The molecular weight excluding hydrogens is 358 g/mol. The van der Waals surface area contributed by atoms with Crippen LogP contribution in [0.5, 0.6) is 0 Å². The van der Waals surface area contributed by atoms with Crippen molar-refractivity contribution < 1.29 is 4.79 Å². The van der Waals surface area contributed by atoms with Crippen LogP contribution in [0.15, 0.2) is 72.9 Å². The number of benzene rings is 3. The second-order valence-corrected chi connectivity index (χ2v) is 7.67. The molecule has 0 aliphatic heterocycles. The van der Waals surface area contributed by atoms with E-state index in [1.54, 1.807) is 0 Å². The first-order chi connectivity index (χ1) is 14.0. The van der Waals surface area contributed by atoms with Crippen molar-refractivity contribution in [3.05, 3.63) is 101 Å². The minimum Gasteiger partial charge on any atom is -0.346 e. The third-order valence-corrected chi connectivity index (χ3v) is 5.28. The summed E-state index contributed by atoms with van der Waals surface area (Å²) >= 11 is 0. The fourth-order valence-corrected chi connectivity index (χ4v) is 3.42. The Morgan fingerprint density at radius 2 is 1.62 bits per heavy atom. The van der Waals surface area contributed by atoms with Crippen LogP contribution in [0.4, 0.5) is 0 Å². The lowest BCUT2D eigenvalue weighted by Gasteiger charge is -2.15. The SMILES string of the molecule is Cc1ccc(Cn2ncc3ccc(C(=O)N[C@H](C)c4ccc(C)cc4)cc32)cc1. The number of nitrogens with one attached hydrogen (secondary N) is 1. The van der Waals surface area contributed by atoms with E-state index < -0.39 is 0 Å². The van der Waals surface area contributed by atoms with E-state index in [1.807, 2.05) is 36.0 Å². The normalized spacial score (nSPS) is 12.1. The standard InChI is InChI=1S/C25H25N3O/c1-17-4-8-20(9-5-17)16-28-24-14-22(12-13-23(24)15-26-28)25(29)27-19(3)21-10-6-18(2)7-11-21/h4-15,19H,16H2,1-3H3,(H,27,29)/t19-/m1/s1. The molecule has 1 heterocycles. The number of rotatable bonds is 5. The number of aryl methyl sites for hydroxylation is 2. The molecule has 146 valence electrons. The van der Waals surface area contributed by atoms with Crippen LogP contribution in [0.3, 0.4) is 0 Å². The summed E-state index contributed by atoms with van der Waals surface area (Å²) < 4.78 is 1.94. The van der Waals surface area contributed by atoms with E-state index >= 15 is 0 Å². The summed E-state index contributed by atoms with van der Waals surface area (Å²) in [6, 6.07) is 22.4. The zero-order valence-corrected chi connectivity index (χ0v) is 17.0. The molecule has 4 nitrogen and oxygen atoms in total. The number of carbonyl (C=O) groups excluding carboxylic acids is 1. The zero-order valence-electron chi connectivity index (χ0n) is 17.0. The largest absolute Gasteiger partial charge is 0.346 e. The summed E-state index contributed by atoms with van der Waals surface area (Å²) in [6.07, 6.45) is 1.85. The van der Waals surface area contributed by atoms with Gasteiger partial charge in [0.15, 0.2) is 0 Å². The number of carbonyl (C=O) groups is 1. The van der Waals surface area contributed by atoms with Crippen LogP contribution in [-0.4, -0.2) is 15.7 Å². The molecule has 0 spiro atoms. The molecule has 4 aromatic rings. The van der Waals surface area contributed by atoms with Gasteiger partial charge >= 0.3 is 0 Å². The molecule has 0 bridgehead atoms. The Morgan fingerprint density at radius 1 is 0.966 bits per heavy atom. The van der Waals surface area contributed by atoms with E-state index in [4.69, 9.17) is 0 Å². The van der Waals surface area contributed by atoms with E-state index in [-0.39, 0.29) is 11.9 Å². The molecule has 1 amide bonds. The molecule has 0 radical (unpaired) electrons. The molecule has 3 aromatic carbocycles. The summed E-state index contributed by atoms with van der Waals surface area (Å²) in [5, 5.41) is 8.64. The average molecular weight is 383 g/mol. The maximum atomic E-state index is 12.8. The first-order valence-electron chi connectivity index (χ1n) is 9.88. The first kappa shape index (κ1) is 18.9. The van der Waals surface area contributed by atoms with E-state index in [9.17, 15) is 4.79 Å². The summed E-state index contributed by atoms with van der Waals surface area (Å²) in [6.45, 7) is 6.81. The third kappa shape index (κ3) is 4.21. The lowest BCUT2D eigenvalue weighted by Crippen LogP contribution is -2.26. The van der Waals surface area contributed by atoms with Crippen molar-refractivity contribution in [2.24, 2.45) is 0 Å². The molecular formula is C25H25N3O. The topological polar surface area (TPSA) is 46.9 Å². The number of aromatic nitrogens is 2. The Balaban J connectivity index is 1.55. The van der Waals surface area contributed by atoms with Gasteiger partial charge in [0, 0.05) is 10.9 Å². The van der Waals surface area contributed by atoms with Crippen LogP contribution < -0.4 is 5.32 Å². The monoisotopic (exact) mass is 383 g/mol. The molecule has 0 aliphatic carbocycles. The van der Waals surface area contributed by atoms with E-state index in [0.29, 0.717) is 12.1 Å². The van der Waals surface area contributed by atoms with Crippen molar-refractivity contribution in [2.45, 2.75) is 33.4 Å². The summed E-state index contributed by atoms with van der Waals surface area (Å²) in [5.74, 6) is -0.0805. The highest BCUT2D eigenvalue weighted by atomic mass is 16.1. The Morgan fingerprint density at radius 3 is 2.31 bits per heavy atom. The minimum atomic E-state index is -0.0805. The average Bonchev–Trinajstić information content (AvgIpc) is 3.12. The molecule has 29 heavy (non-hydrogen) atoms. The second-order valence-electron chi connectivity index (χ2n) is 7.67. The van der Waals surface area contributed by atoms with Gasteiger partial charge in [-0.05, 0) is 44.0 Å². The number of fused-ring (bicyclic) bond motifs is 1. The van der Waals surface area contributed by atoms with Gasteiger partial charge in [-0.3, -0.25) is 9.48 Å². The number of hydrogen-bond acceptors (Lipinski definition) is 2. The lowest BCUT2D eigenvalue weighted by atomic mass is 10.1. The van der Waals surface area contributed by atoms with Crippen molar-refractivity contribution >= 4 is 16.8 Å².